The van der Waals surface area contributed by atoms with Gasteiger partial charge in [-0.2, -0.15) is 0 Å². The topological polar surface area (TPSA) is 84.6 Å². The van der Waals surface area contributed by atoms with Crippen LogP contribution in [-0.4, -0.2) is 36.4 Å². The summed E-state index contributed by atoms with van der Waals surface area (Å²) >= 11 is 0. The third-order valence-corrected chi connectivity index (χ3v) is 2.30. The molecule has 0 radical (unpaired) electrons. The second kappa shape index (κ2) is 6.17. The van der Waals surface area contributed by atoms with Crippen molar-refractivity contribution in [2.75, 3.05) is 25.6 Å². The van der Waals surface area contributed by atoms with Crippen LogP contribution in [-0.2, 0) is 4.74 Å². The van der Waals surface area contributed by atoms with E-state index >= 15 is 0 Å². The first-order valence-corrected chi connectivity index (χ1v) is 5.20. The Kier molecular flexibility index (Phi) is 4.86. The molecule has 0 spiro atoms. The SMILES string of the molecule is COCC(CO)Nc1ccc(C)cc1[N+](=O)[O-]. The van der Waals surface area contributed by atoms with Crippen LogP contribution in [0.4, 0.5) is 11.4 Å². The second-order valence-corrected chi connectivity index (χ2v) is 3.76. The molecule has 6 heteroatoms. The van der Waals surface area contributed by atoms with Crippen molar-refractivity contribution < 1.29 is 14.8 Å². The number of nitro benzene ring substituents is 1. The predicted octanol–water partition coefficient (Wildman–Crippen LogP) is 1.32. The minimum absolute atomic E-state index is 0.000414. The molecule has 1 aromatic rings. The maximum atomic E-state index is 10.9. The van der Waals surface area contributed by atoms with E-state index in [4.69, 9.17) is 9.84 Å². The van der Waals surface area contributed by atoms with Gasteiger partial charge in [0.2, 0.25) is 0 Å². The Morgan fingerprint density at radius 2 is 2.29 bits per heavy atom. The molecule has 1 aromatic carbocycles. The molecule has 0 bridgehead atoms. The van der Waals surface area contributed by atoms with Gasteiger partial charge in [-0.25, -0.2) is 0 Å². The highest BCUT2D eigenvalue weighted by atomic mass is 16.6. The van der Waals surface area contributed by atoms with Gasteiger partial charge < -0.3 is 15.2 Å². The van der Waals surface area contributed by atoms with Crippen LogP contribution in [0.1, 0.15) is 5.56 Å². The molecule has 0 aliphatic carbocycles. The van der Waals surface area contributed by atoms with Gasteiger partial charge in [0.15, 0.2) is 0 Å². The maximum Gasteiger partial charge on any atom is 0.292 e. The number of methoxy groups -OCH3 is 1. The van der Waals surface area contributed by atoms with Gasteiger partial charge in [-0.15, -0.1) is 0 Å². The average Bonchev–Trinajstić information content (AvgIpc) is 2.30. The number of nitrogens with one attached hydrogen (secondary N) is 1. The Labute approximate surface area is 99.4 Å². The number of anilines is 1. The quantitative estimate of drug-likeness (QED) is 0.578. The molecular weight excluding hydrogens is 224 g/mol. The molecule has 0 aliphatic rings. The van der Waals surface area contributed by atoms with Crippen LogP contribution in [0.25, 0.3) is 0 Å². The lowest BCUT2D eigenvalue weighted by Gasteiger charge is -2.16. The zero-order valence-electron chi connectivity index (χ0n) is 9.84. The largest absolute Gasteiger partial charge is 0.394 e. The van der Waals surface area contributed by atoms with E-state index in [1.54, 1.807) is 19.1 Å². The highest BCUT2D eigenvalue weighted by Gasteiger charge is 2.16. The smallest absolute Gasteiger partial charge is 0.292 e. The number of aryl methyl sites for hydroxylation is 1. The summed E-state index contributed by atoms with van der Waals surface area (Å²) in [5.41, 5.74) is 1.20. The van der Waals surface area contributed by atoms with E-state index in [1.165, 1.54) is 13.2 Å². The molecule has 6 nitrogen and oxygen atoms in total. The number of rotatable bonds is 6. The molecule has 0 fully saturated rings. The van der Waals surface area contributed by atoms with E-state index < -0.39 is 4.92 Å². The van der Waals surface area contributed by atoms with Crippen molar-refractivity contribution in [3.63, 3.8) is 0 Å². The number of hydrogen-bond donors (Lipinski definition) is 2. The van der Waals surface area contributed by atoms with E-state index in [-0.39, 0.29) is 24.9 Å². The Morgan fingerprint density at radius 3 is 2.82 bits per heavy atom. The van der Waals surface area contributed by atoms with Crippen LogP contribution in [0.15, 0.2) is 18.2 Å². The number of ether oxygens (including phenoxy) is 1. The third-order valence-electron chi connectivity index (χ3n) is 2.30. The van der Waals surface area contributed by atoms with Gasteiger partial charge in [-0.1, -0.05) is 6.07 Å². The molecular formula is C11H16N2O4. The molecule has 0 saturated heterocycles. The number of aliphatic hydroxyl groups excluding tert-OH is 1. The summed E-state index contributed by atoms with van der Waals surface area (Å²) in [6, 6.07) is 4.53. The fourth-order valence-corrected chi connectivity index (χ4v) is 1.48. The average molecular weight is 240 g/mol. The van der Waals surface area contributed by atoms with Gasteiger partial charge in [0.25, 0.3) is 5.69 Å². The van der Waals surface area contributed by atoms with Crippen molar-refractivity contribution in [1.82, 2.24) is 0 Å². The lowest BCUT2D eigenvalue weighted by atomic mass is 10.2. The standard InChI is InChI=1S/C11H16N2O4/c1-8-3-4-10(11(5-8)13(15)16)12-9(6-14)7-17-2/h3-5,9,12,14H,6-7H2,1-2H3. The Hall–Kier alpha value is -1.66. The first kappa shape index (κ1) is 13.4. The van der Waals surface area contributed by atoms with Crippen molar-refractivity contribution in [1.29, 1.82) is 0 Å². The number of benzene rings is 1. The van der Waals surface area contributed by atoms with Crippen molar-refractivity contribution in [3.8, 4) is 0 Å². The van der Waals surface area contributed by atoms with E-state index in [9.17, 15) is 10.1 Å². The Balaban J connectivity index is 2.92. The lowest BCUT2D eigenvalue weighted by Crippen LogP contribution is -2.29. The van der Waals surface area contributed by atoms with E-state index in [0.717, 1.165) is 5.56 Å². The van der Waals surface area contributed by atoms with Crippen LogP contribution < -0.4 is 5.32 Å². The zero-order chi connectivity index (χ0) is 12.8. The molecule has 1 atom stereocenters. The van der Waals surface area contributed by atoms with Crippen molar-refractivity contribution in [3.05, 3.63) is 33.9 Å². The summed E-state index contributed by atoms with van der Waals surface area (Å²) in [6.45, 7) is 1.91. The van der Waals surface area contributed by atoms with Crippen LogP contribution in [0.3, 0.4) is 0 Å². The van der Waals surface area contributed by atoms with Gasteiger partial charge in [0.1, 0.15) is 5.69 Å². The molecule has 0 saturated carbocycles. The van der Waals surface area contributed by atoms with Crippen LogP contribution >= 0.6 is 0 Å². The highest BCUT2D eigenvalue weighted by Crippen LogP contribution is 2.25. The summed E-state index contributed by atoms with van der Waals surface area (Å²) in [6.07, 6.45) is 0. The Morgan fingerprint density at radius 1 is 1.59 bits per heavy atom. The van der Waals surface area contributed by atoms with Gasteiger partial charge in [0, 0.05) is 13.2 Å². The Bertz CT molecular complexity index is 395. The molecule has 0 heterocycles. The normalized spacial score (nSPS) is 12.2. The monoisotopic (exact) mass is 240 g/mol. The van der Waals surface area contributed by atoms with Gasteiger partial charge in [-0.3, -0.25) is 10.1 Å². The van der Waals surface area contributed by atoms with E-state index in [1.807, 2.05) is 0 Å². The molecule has 0 amide bonds. The molecule has 1 rings (SSSR count). The van der Waals surface area contributed by atoms with Crippen LogP contribution in [0.5, 0.6) is 0 Å². The number of nitrogens with zero attached hydrogens (tertiary/aromatic N) is 1. The first-order chi connectivity index (χ1) is 8.08. The zero-order valence-corrected chi connectivity index (χ0v) is 9.84. The summed E-state index contributed by atoms with van der Waals surface area (Å²) < 4.78 is 4.90. The second-order valence-electron chi connectivity index (χ2n) is 3.76. The number of nitro groups is 1. The lowest BCUT2D eigenvalue weighted by molar-refractivity contribution is -0.384. The van der Waals surface area contributed by atoms with Gasteiger partial charge in [-0.05, 0) is 18.6 Å². The molecule has 1 unspecified atom stereocenters. The fourth-order valence-electron chi connectivity index (χ4n) is 1.48. The number of aliphatic hydroxyl groups is 1. The van der Waals surface area contributed by atoms with Crippen molar-refractivity contribution >= 4 is 11.4 Å². The maximum absolute atomic E-state index is 10.9. The van der Waals surface area contributed by atoms with Gasteiger partial charge >= 0.3 is 0 Å². The fraction of sp³-hybridized carbons (Fsp3) is 0.455. The molecule has 0 aromatic heterocycles. The summed E-state index contributed by atoms with van der Waals surface area (Å²) in [5.74, 6) is 0. The molecule has 0 aliphatic heterocycles. The predicted molar refractivity (Wildman–Crippen MR) is 64.2 cm³/mol. The van der Waals surface area contributed by atoms with E-state index in [0.29, 0.717) is 5.69 Å². The van der Waals surface area contributed by atoms with Crippen molar-refractivity contribution in [2.24, 2.45) is 0 Å². The minimum atomic E-state index is -0.448. The summed E-state index contributed by atoms with van der Waals surface area (Å²) in [7, 11) is 1.51. The third kappa shape index (κ3) is 3.69. The van der Waals surface area contributed by atoms with Crippen molar-refractivity contribution in [2.45, 2.75) is 13.0 Å². The molecule has 17 heavy (non-hydrogen) atoms. The minimum Gasteiger partial charge on any atom is -0.394 e. The van der Waals surface area contributed by atoms with Crippen LogP contribution in [0.2, 0.25) is 0 Å². The summed E-state index contributed by atoms with van der Waals surface area (Å²) in [5, 5.41) is 22.9. The number of hydrogen-bond acceptors (Lipinski definition) is 5. The van der Waals surface area contributed by atoms with Gasteiger partial charge in [0.05, 0.1) is 24.2 Å². The molecule has 94 valence electrons. The molecule has 2 N–H and O–H groups in total. The van der Waals surface area contributed by atoms with Crippen LogP contribution in [0, 0.1) is 17.0 Å². The first-order valence-electron chi connectivity index (χ1n) is 5.20. The highest BCUT2D eigenvalue weighted by molar-refractivity contribution is 5.63. The van der Waals surface area contributed by atoms with E-state index in [2.05, 4.69) is 5.32 Å². The summed E-state index contributed by atoms with van der Waals surface area (Å²) in [4.78, 5) is 10.4.